The first-order valence-corrected chi connectivity index (χ1v) is 11.1. The smallest absolute Gasteiger partial charge is 0.282 e. The summed E-state index contributed by atoms with van der Waals surface area (Å²) < 4.78 is 9.42. The fourth-order valence-corrected chi connectivity index (χ4v) is 4.52. The molecule has 3 aromatic rings. The van der Waals surface area contributed by atoms with Crippen LogP contribution in [0.5, 0.6) is 5.75 Å². The highest BCUT2D eigenvalue weighted by atomic mass is 79.9. The van der Waals surface area contributed by atoms with E-state index in [1.54, 1.807) is 12.3 Å². The predicted octanol–water partition coefficient (Wildman–Crippen LogP) is 6.09. The maximum Gasteiger partial charge on any atom is 0.282 e. The van der Waals surface area contributed by atoms with E-state index in [4.69, 9.17) is 4.74 Å². The molecule has 0 amide bonds. The topological polar surface area (TPSA) is 56.5 Å². The molecule has 0 saturated carbocycles. The van der Waals surface area contributed by atoms with E-state index < -0.39 is 0 Å². The zero-order chi connectivity index (χ0) is 20.4. The van der Waals surface area contributed by atoms with Gasteiger partial charge in [0.15, 0.2) is 0 Å². The first-order chi connectivity index (χ1) is 13.3. The lowest BCUT2D eigenvalue weighted by Crippen LogP contribution is -2.23. The molecular weight excluding hydrogens is 554 g/mol. The number of benzene rings is 2. The van der Waals surface area contributed by atoms with Crippen LogP contribution in [-0.4, -0.2) is 22.5 Å². The normalized spacial score (nSPS) is 11.7. The molecule has 28 heavy (non-hydrogen) atoms. The van der Waals surface area contributed by atoms with Crippen molar-refractivity contribution in [2.75, 3.05) is 6.61 Å². The average molecular weight is 572 g/mol. The Hall–Kier alpha value is -1.51. The van der Waals surface area contributed by atoms with Gasteiger partial charge >= 0.3 is 0 Å². The summed E-state index contributed by atoms with van der Waals surface area (Å²) in [5.41, 5.74) is 1.28. The molecule has 0 atom stereocenters. The average Bonchev–Trinajstić information content (AvgIpc) is 2.64. The van der Waals surface area contributed by atoms with Gasteiger partial charge in [0.25, 0.3) is 5.56 Å². The van der Waals surface area contributed by atoms with Crippen LogP contribution in [0.3, 0.4) is 0 Å². The highest BCUT2D eigenvalue weighted by molar-refractivity contribution is 9.11. The molecule has 0 fully saturated rings. The summed E-state index contributed by atoms with van der Waals surface area (Å²) in [6, 6.07) is 9.27. The summed E-state index contributed by atoms with van der Waals surface area (Å²) in [5, 5.41) is 4.97. The lowest BCUT2D eigenvalue weighted by molar-refractivity contribution is 0.336. The van der Waals surface area contributed by atoms with E-state index in [9.17, 15) is 4.79 Å². The molecule has 0 radical (unpaired) electrons. The Morgan fingerprint density at radius 2 is 1.86 bits per heavy atom. The second kappa shape index (κ2) is 8.88. The van der Waals surface area contributed by atoms with Crippen LogP contribution in [-0.2, 0) is 0 Å². The van der Waals surface area contributed by atoms with E-state index in [1.165, 1.54) is 4.68 Å². The van der Waals surface area contributed by atoms with Gasteiger partial charge in [-0.15, -0.1) is 0 Å². The number of hydrogen-bond donors (Lipinski definition) is 0. The van der Waals surface area contributed by atoms with Gasteiger partial charge in [-0.05, 0) is 74.7 Å². The number of aromatic nitrogens is 2. The maximum absolute atomic E-state index is 13.1. The van der Waals surface area contributed by atoms with Gasteiger partial charge in [-0.2, -0.15) is 9.78 Å². The minimum atomic E-state index is -0.199. The van der Waals surface area contributed by atoms with Gasteiger partial charge in [-0.25, -0.2) is 4.98 Å². The molecule has 5 nitrogen and oxygen atoms in total. The van der Waals surface area contributed by atoms with E-state index in [2.05, 4.69) is 57.9 Å². The van der Waals surface area contributed by atoms with E-state index in [1.807, 2.05) is 45.0 Å². The van der Waals surface area contributed by atoms with Crippen molar-refractivity contribution in [3.8, 4) is 5.75 Å². The summed E-state index contributed by atoms with van der Waals surface area (Å²) in [4.78, 5) is 17.7. The SMILES string of the molecule is CCOc1c(Br)cc(C=Nn2c(C(C)C)nc3ccc(Br)cc3c2=O)cc1Br. The predicted molar refractivity (Wildman–Crippen MR) is 124 cm³/mol. The van der Waals surface area contributed by atoms with Crippen molar-refractivity contribution in [1.29, 1.82) is 0 Å². The molecule has 2 aromatic carbocycles. The highest BCUT2D eigenvalue weighted by Crippen LogP contribution is 2.34. The molecule has 1 heterocycles. The molecule has 0 aliphatic heterocycles. The van der Waals surface area contributed by atoms with E-state index >= 15 is 0 Å². The molecule has 0 aliphatic rings. The van der Waals surface area contributed by atoms with Gasteiger partial charge in [0.1, 0.15) is 11.6 Å². The van der Waals surface area contributed by atoms with Crippen molar-refractivity contribution >= 4 is 64.9 Å². The monoisotopic (exact) mass is 569 g/mol. The second-order valence-electron chi connectivity index (χ2n) is 6.39. The Morgan fingerprint density at radius 1 is 1.18 bits per heavy atom. The van der Waals surface area contributed by atoms with Crippen LogP contribution in [0.15, 0.2) is 53.6 Å². The Bertz CT molecular complexity index is 1100. The molecule has 0 unspecified atom stereocenters. The van der Waals surface area contributed by atoms with Gasteiger partial charge in [0.2, 0.25) is 0 Å². The van der Waals surface area contributed by atoms with Crippen LogP contribution < -0.4 is 10.3 Å². The Morgan fingerprint density at radius 3 is 2.46 bits per heavy atom. The molecule has 146 valence electrons. The molecule has 8 heteroatoms. The molecule has 0 saturated heterocycles. The number of halogens is 3. The summed E-state index contributed by atoms with van der Waals surface area (Å²) in [5.74, 6) is 1.38. The zero-order valence-corrected chi connectivity index (χ0v) is 20.3. The summed E-state index contributed by atoms with van der Waals surface area (Å²) in [7, 11) is 0. The lowest BCUT2D eigenvalue weighted by Gasteiger charge is -2.12. The summed E-state index contributed by atoms with van der Waals surface area (Å²) >= 11 is 10.4. The van der Waals surface area contributed by atoms with Crippen molar-refractivity contribution in [3.63, 3.8) is 0 Å². The lowest BCUT2D eigenvalue weighted by atomic mass is 10.2. The third-order valence-corrected chi connectivity index (χ3v) is 5.65. The maximum atomic E-state index is 13.1. The van der Waals surface area contributed by atoms with Crippen LogP contribution in [0.2, 0.25) is 0 Å². The number of nitrogens with zero attached hydrogens (tertiary/aromatic N) is 3. The van der Waals surface area contributed by atoms with Crippen LogP contribution in [0.1, 0.15) is 38.1 Å². The first kappa shape index (κ1) is 21.2. The summed E-state index contributed by atoms with van der Waals surface area (Å²) in [6.07, 6.45) is 1.64. The highest BCUT2D eigenvalue weighted by Gasteiger charge is 2.14. The third-order valence-electron chi connectivity index (χ3n) is 3.98. The molecule has 0 bridgehead atoms. The quantitative estimate of drug-likeness (QED) is 0.348. The molecule has 0 aliphatic carbocycles. The molecular formula is C20H18Br3N3O2. The van der Waals surface area contributed by atoms with E-state index in [-0.39, 0.29) is 11.5 Å². The van der Waals surface area contributed by atoms with Crippen molar-refractivity contribution in [2.45, 2.75) is 26.7 Å². The van der Waals surface area contributed by atoms with Crippen LogP contribution in [0.4, 0.5) is 0 Å². The fraction of sp³-hybridized carbons (Fsp3) is 0.250. The van der Waals surface area contributed by atoms with Crippen molar-refractivity contribution in [1.82, 2.24) is 9.66 Å². The number of hydrogen-bond acceptors (Lipinski definition) is 4. The summed E-state index contributed by atoms with van der Waals surface area (Å²) in [6.45, 7) is 6.47. The second-order valence-corrected chi connectivity index (χ2v) is 9.02. The molecule has 0 spiro atoms. The van der Waals surface area contributed by atoms with Gasteiger partial charge in [0, 0.05) is 10.4 Å². The van der Waals surface area contributed by atoms with E-state index in [0.29, 0.717) is 23.3 Å². The minimum absolute atomic E-state index is 0.0386. The number of ether oxygens (including phenoxy) is 1. The zero-order valence-electron chi connectivity index (χ0n) is 15.5. The molecule has 0 N–H and O–H groups in total. The largest absolute Gasteiger partial charge is 0.492 e. The standard InChI is InChI=1S/C20H18Br3N3O2/c1-4-28-18-15(22)7-12(8-16(18)23)10-24-26-19(11(2)3)25-17-6-5-13(21)9-14(17)20(26)27/h5-11H,4H2,1-3H3. The van der Waals surface area contributed by atoms with Gasteiger partial charge < -0.3 is 4.74 Å². The van der Waals surface area contributed by atoms with Gasteiger partial charge in [-0.1, -0.05) is 29.8 Å². The van der Waals surface area contributed by atoms with E-state index in [0.717, 1.165) is 24.7 Å². The van der Waals surface area contributed by atoms with Crippen LogP contribution >= 0.6 is 47.8 Å². The third kappa shape index (κ3) is 4.39. The van der Waals surface area contributed by atoms with Crippen LogP contribution in [0, 0.1) is 0 Å². The fourth-order valence-electron chi connectivity index (χ4n) is 2.71. The molecule has 1 aromatic heterocycles. The molecule has 3 rings (SSSR count). The first-order valence-electron chi connectivity index (χ1n) is 8.70. The Balaban J connectivity index is 2.12. The van der Waals surface area contributed by atoms with Gasteiger partial charge in [-0.3, -0.25) is 4.79 Å². The Kier molecular flexibility index (Phi) is 6.73. The number of rotatable bonds is 5. The minimum Gasteiger partial charge on any atom is -0.492 e. The van der Waals surface area contributed by atoms with Crippen molar-refractivity contribution < 1.29 is 4.74 Å². The van der Waals surface area contributed by atoms with Crippen LogP contribution in [0.25, 0.3) is 10.9 Å². The number of fused-ring (bicyclic) bond motifs is 1. The van der Waals surface area contributed by atoms with Crippen molar-refractivity contribution in [2.24, 2.45) is 5.10 Å². The Labute approximate surface area is 188 Å². The van der Waals surface area contributed by atoms with Gasteiger partial charge in [0.05, 0.1) is 32.7 Å². The van der Waals surface area contributed by atoms with Crippen molar-refractivity contribution in [3.05, 3.63) is 65.5 Å².